The fourth-order valence-corrected chi connectivity index (χ4v) is 11.2. The van der Waals surface area contributed by atoms with E-state index >= 15 is 0 Å². The molecule has 0 fully saturated rings. The molecule has 9 aromatic rings. The quantitative estimate of drug-likeness (QED) is 0.157. The molecule has 0 aliphatic heterocycles. The van der Waals surface area contributed by atoms with Crippen LogP contribution in [0.1, 0.15) is 0 Å². The van der Waals surface area contributed by atoms with E-state index in [2.05, 4.69) is 108 Å². The average Bonchev–Trinajstić information content (AvgIpc) is 3.98. The molecular formula is C39H23N3S6. The molecule has 0 saturated carbocycles. The Labute approximate surface area is 301 Å². The van der Waals surface area contributed by atoms with Crippen LogP contribution in [0, 0.1) is 0 Å². The second-order valence-electron chi connectivity index (χ2n) is 10.8. The van der Waals surface area contributed by atoms with Crippen LogP contribution in [-0.2, 0) is 0 Å². The van der Waals surface area contributed by atoms with E-state index in [4.69, 9.17) is 15.0 Å². The number of thiophene rings is 6. The minimum Gasteiger partial charge on any atom is -0.245 e. The van der Waals surface area contributed by atoms with Crippen molar-refractivity contribution >= 4 is 68.0 Å². The third-order valence-electron chi connectivity index (χ3n) is 7.71. The Balaban J connectivity index is 0.959. The van der Waals surface area contributed by atoms with Crippen LogP contribution < -0.4 is 0 Å². The van der Waals surface area contributed by atoms with Crippen LogP contribution in [0.3, 0.4) is 0 Å². The van der Waals surface area contributed by atoms with E-state index in [1.807, 2.05) is 53.0 Å². The number of hydrogen-bond donors (Lipinski definition) is 0. The molecule has 0 amide bonds. The summed E-state index contributed by atoms with van der Waals surface area (Å²) in [6.07, 6.45) is 0. The minimum atomic E-state index is 0.829. The van der Waals surface area contributed by atoms with Crippen molar-refractivity contribution in [2.24, 2.45) is 0 Å². The summed E-state index contributed by atoms with van der Waals surface area (Å²) in [5, 5.41) is 4.26. The lowest BCUT2D eigenvalue weighted by Crippen LogP contribution is -1.93. The van der Waals surface area contributed by atoms with Crippen LogP contribution in [0.2, 0.25) is 0 Å². The van der Waals surface area contributed by atoms with Crippen LogP contribution >= 0.6 is 68.0 Å². The van der Waals surface area contributed by atoms with Crippen LogP contribution in [0.4, 0.5) is 0 Å². The first-order valence-corrected chi connectivity index (χ1v) is 20.2. The molecule has 0 saturated heterocycles. The SMILES string of the molecule is c1cc(-c2cccc(-c3ccc(-c4ccc(-c5cccs5)s4)s3)n2)nc(-c2cccc(-c3ccc(-c4ccc(-c5cccs5)s4)s3)n2)c1. The highest BCUT2D eigenvalue weighted by molar-refractivity contribution is 7.27. The summed E-state index contributed by atoms with van der Waals surface area (Å²) in [6.45, 7) is 0. The fraction of sp³-hybridized carbons (Fsp3) is 0. The number of nitrogens with zero attached hydrogens (tertiary/aromatic N) is 3. The van der Waals surface area contributed by atoms with Crippen molar-refractivity contribution < 1.29 is 0 Å². The van der Waals surface area contributed by atoms with Gasteiger partial charge in [0.2, 0.25) is 0 Å². The molecule has 9 heterocycles. The highest BCUT2D eigenvalue weighted by Gasteiger charge is 2.14. The van der Waals surface area contributed by atoms with Crippen molar-refractivity contribution in [1.82, 2.24) is 15.0 Å². The third-order valence-corrected chi connectivity index (χ3v) is 14.6. The van der Waals surface area contributed by atoms with E-state index in [0.717, 1.165) is 43.9 Å². The topological polar surface area (TPSA) is 38.7 Å². The van der Waals surface area contributed by atoms with Crippen molar-refractivity contribution in [3.63, 3.8) is 0 Å². The number of aromatic nitrogens is 3. The van der Waals surface area contributed by atoms with Crippen LogP contribution in [-0.4, -0.2) is 15.0 Å². The molecule has 9 aromatic heterocycles. The normalized spacial score (nSPS) is 11.3. The van der Waals surface area contributed by atoms with E-state index in [9.17, 15) is 0 Å². The van der Waals surface area contributed by atoms with Gasteiger partial charge in [-0.15, -0.1) is 68.0 Å². The minimum absolute atomic E-state index is 0.829. The smallest absolute Gasteiger partial charge is 0.0894 e. The van der Waals surface area contributed by atoms with Gasteiger partial charge in [-0.25, -0.2) is 15.0 Å². The summed E-state index contributed by atoms with van der Waals surface area (Å²) in [4.78, 5) is 27.7. The summed E-state index contributed by atoms with van der Waals surface area (Å²) in [7, 11) is 0. The van der Waals surface area contributed by atoms with E-state index in [1.165, 1.54) is 39.0 Å². The van der Waals surface area contributed by atoms with Crippen molar-refractivity contribution in [3.8, 4) is 82.9 Å². The lowest BCUT2D eigenvalue weighted by Gasteiger charge is -2.07. The second kappa shape index (κ2) is 12.9. The first kappa shape index (κ1) is 29.8. The van der Waals surface area contributed by atoms with Crippen molar-refractivity contribution in [1.29, 1.82) is 0 Å². The van der Waals surface area contributed by atoms with Crippen molar-refractivity contribution in [2.75, 3.05) is 0 Å². The molecule has 0 aliphatic carbocycles. The Kier molecular flexibility index (Phi) is 8.02. The van der Waals surface area contributed by atoms with Crippen LogP contribution in [0.5, 0.6) is 0 Å². The molecule has 0 aromatic carbocycles. The molecule has 9 rings (SSSR count). The zero-order valence-electron chi connectivity index (χ0n) is 25.1. The third kappa shape index (κ3) is 5.94. The molecule has 48 heavy (non-hydrogen) atoms. The molecule has 0 atom stereocenters. The maximum absolute atomic E-state index is 5.05. The first-order valence-electron chi connectivity index (χ1n) is 15.1. The van der Waals surface area contributed by atoms with Crippen LogP contribution in [0.15, 0.2) is 138 Å². The van der Waals surface area contributed by atoms with Gasteiger partial charge in [0.05, 0.1) is 43.9 Å². The Morgan fingerprint density at radius 1 is 0.250 bits per heavy atom. The molecule has 0 aliphatic rings. The molecule has 0 bridgehead atoms. The highest BCUT2D eigenvalue weighted by atomic mass is 32.1. The lowest BCUT2D eigenvalue weighted by molar-refractivity contribution is 1.22. The summed E-state index contributed by atoms with van der Waals surface area (Å²) in [5.74, 6) is 0. The Morgan fingerprint density at radius 3 is 0.896 bits per heavy atom. The molecular weight excluding hydrogens is 703 g/mol. The fourth-order valence-electron chi connectivity index (χ4n) is 5.41. The van der Waals surface area contributed by atoms with Crippen LogP contribution in [0.25, 0.3) is 82.9 Å². The zero-order valence-corrected chi connectivity index (χ0v) is 30.0. The predicted octanol–water partition coefficient (Wildman–Crippen LogP) is 13.6. The molecule has 9 heteroatoms. The Hall–Kier alpha value is -4.35. The molecule has 0 spiro atoms. The van der Waals surface area contributed by atoms with Crippen molar-refractivity contribution in [3.05, 3.63) is 138 Å². The van der Waals surface area contributed by atoms with Gasteiger partial charge in [-0.2, -0.15) is 0 Å². The second-order valence-corrected chi connectivity index (χ2v) is 17.1. The monoisotopic (exact) mass is 725 g/mol. The van der Waals surface area contributed by atoms with Gasteiger partial charge in [-0.1, -0.05) is 30.3 Å². The standard InChI is InChI=1S/C39H23N3S6/c1-6-24(26-8-2-10-28(41-26)30-14-16-36(45-30)38-20-18-34(47-38)32-12-4-22-43-32)40-25(7-1)27-9-3-11-29(42-27)31-15-17-37(46-31)39-21-19-35(48-39)33-13-5-23-44-33/h1-23H. The molecule has 0 radical (unpaired) electrons. The number of hydrogen-bond acceptors (Lipinski definition) is 9. The Morgan fingerprint density at radius 2 is 0.542 bits per heavy atom. The summed E-state index contributed by atoms with van der Waals surface area (Å²) < 4.78 is 0. The van der Waals surface area contributed by atoms with Gasteiger partial charge in [0.1, 0.15) is 0 Å². The number of rotatable bonds is 8. The van der Waals surface area contributed by atoms with Gasteiger partial charge < -0.3 is 0 Å². The maximum atomic E-state index is 5.05. The van der Waals surface area contributed by atoms with Gasteiger partial charge in [-0.05, 0) is 108 Å². The summed E-state index contributed by atoms with van der Waals surface area (Å²) >= 11 is 10.8. The highest BCUT2D eigenvalue weighted by Crippen LogP contribution is 2.42. The molecule has 0 unspecified atom stereocenters. The lowest BCUT2D eigenvalue weighted by atomic mass is 10.1. The zero-order chi connectivity index (χ0) is 31.9. The Bertz CT molecular complexity index is 2310. The largest absolute Gasteiger partial charge is 0.245 e. The molecule has 0 N–H and O–H groups in total. The van der Waals surface area contributed by atoms with Gasteiger partial charge in [-0.3, -0.25) is 0 Å². The predicted molar refractivity (Wildman–Crippen MR) is 211 cm³/mol. The maximum Gasteiger partial charge on any atom is 0.0894 e. The van der Waals surface area contributed by atoms with Gasteiger partial charge in [0, 0.05) is 39.0 Å². The summed E-state index contributed by atoms with van der Waals surface area (Å²) in [5.41, 5.74) is 5.25. The van der Waals surface area contributed by atoms with Crippen molar-refractivity contribution in [2.45, 2.75) is 0 Å². The molecule has 3 nitrogen and oxygen atoms in total. The van der Waals surface area contributed by atoms with E-state index in [1.54, 1.807) is 45.3 Å². The first-order chi connectivity index (χ1) is 23.7. The molecule has 230 valence electrons. The van der Waals surface area contributed by atoms with E-state index < -0.39 is 0 Å². The van der Waals surface area contributed by atoms with E-state index in [-0.39, 0.29) is 0 Å². The number of pyridine rings is 3. The van der Waals surface area contributed by atoms with Gasteiger partial charge >= 0.3 is 0 Å². The van der Waals surface area contributed by atoms with E-state index in [0.29, 0.717) is 0 Å². The average molecular weight is 726 g/mol. The van der Waals surface area contributed by atoms with Gasteiger partial charge in [0.15, 0.2) is 0 Å². The van der Waals surface area contributed by atoms with Gasteiger partial charge in [0.25, 0.3) is 0 Å². The summed E-state index contributed by atoms with van der Waals surface area (Å²) in [6, 6.07) is 44.6.